The molecule has 3 aliphatic heterocycles. The molecule has 1 aromatic heterocycles. The van der Waals surface area contributed by atoms with Crippen molar-refractivity contribution in [3.8, 4) is 0 Å². The molecule has 4 rings (SSSR count). The first kappa shape index (κ1) is 20.0. The Morgan fingerprint density at radius 3 is 2.60 bits per heavy atom. The molecule has 1 amide bonds. The zero-order valence-electron chi connectivity index (χ0n) is 13.7. The Labute approximate surface area is 152 Å². The van der Waals surface area contributed by atoms with E-state index < -0.39 is 30.7 Å². The van der Waals surface area contributed by atoms with E-state index in [0.717, 1.165) is 0 Å². The van der Waals surface area contributed by atoms with Gasteiger partial charge in [0, 0.05) is 25.3 Å². The number of nitrogens with one attached hydrogen (secondary N) is 1. The Morgan fingerprint density at radius 1 is 1.12 bits per heavy atom. The predicted molar refractivity (Wildman–Crippen MR) is 80.6 cm³/mol. The number of carbonyl (C=O) groups is 1. The van der Waals surface area contributed by atoms with Crippen molar-refractivity contribution in [2.45, 2.75) is 43.7 Å². The van der Waals surface area contributed by atoms with Crippen molar-refractivity contribution in [3.63, 3.8) is 0 Å². The average molecular weight is 375 g/mol. The van der Waals surface area contributed by atoms with Crippen LogP contribution in [0.4, 0.5) is 0 Å². The number of aromatic nitrogens is 1. The largest absolute Gasteiger partial charge is 1.00 e. The maximum Gasteiger partial charge on any atom is 0.286 e. The Bertz CT molecular complexity index is 547. The number of carbonyl (C=O) groups excluding carboxylic acids is 1. The van der Waals surface area contributed by atoms with Crippen LogP contribution < -0.4 is 22.3 Å². The van der Waals surface area contributed by atoms with Crippen LogP contribution in [-0.2, 0) is 25.5 Å². The third-order valence-electron chi connectivity index (χ3n) is 4.13. The van der Waals surface area contributed by atoms with Crippen LogP contribution in [0, 0.1) is 0 Å². The van der Waals surface area contributed by atoms with E-state index in [0.29, 0.717) is 19.6 Å². The maximum absolute atomic E-state index is 12.1. The summed E-state index contributed by atoms with van der Waals surface area (Å²) in [5.74, 6) is -0.179. The van der Waals surface area contributed by atoms with Gasteiger partial charge in [-0.25, -0.2) is 0 Å². The molecule has 3 aliphatic rings. The minimum atomic E-state index is -1.17. The maximum atomic E-state index is 12.1. The molecule has 2 bridgehead atoms. The predicted octanol–water partition coefficient (Wildman–Crippen LogP) is -4.65. The lowest BCUT2D eigenvalue weighted by Crippen LogP contribution is -3.00. The minimum absolute atomic E-state index is 0. The number of pyridine rings is 1. The summed E-state index contributed by atoms with van der Waals surface area (Å²) >= 11 is 0. The quantitative estimate of drug-likeness (QED) is 0.458. The molecule has 25 heavy (non-hydrogen) atoms. The molecule has 0 radical (unpaired) electrons. The second-order valence-electron chi connectivity index (χ2n) is 5.94. The van der Waals surface area contributed by atoms with Crippen molar-refractivity contribution in [2.24, 2.45) is 0 Å². The number of rotatable bonds is 4. The number of aliphatic hydroxyl groups excluding tert-OH is 2. The monoisotopic (exact) mass is 374 g/mol. The number of nitrogens with zero attached hydrogens (tertiary/aromatic N) is 1. The molecule has 0 spiro atoms. The average Bonchev–Trinajstić information content (AvgIpc) is 2.73. The van der Waals surface area contributed by atoms with Gasteiger partial charge in [-0.05, 0) is 6.42 Å². The highest BCUT2D eigenvalue weighted by Gasteiger charge is 2.46. The highest BCUT2D eigenvalue weighted by Crippen LogP contribution is 2.25. The van der Waals surface area contributed by atoms with Gasteiger partial charge in [0.25, 0.3) is 5.91 Å². The van der Waals surface area contributed by atoms with E-state index in [2.05, 4.69) is 5.32 Å². The van der Waals surface area contributed by atoms with E-state index in [9.17, 15) is 15.0 Å². The zero-order chi connectivity index (χ0) is 16.9. The molecular weight excluding hydrogens is 352 g/mol. The molecule has 0 aliphatic carbocycles. The molecule has 3 N–H and O–H groups in total. The number of amides is 1. The van der Waals surface area contributed by atoms with Crippen molar-refractivity contribution in [1.29, 1.82) is 0 Å². The molecular formula is C16H23ClN2O6. The van der Waals surface area contributed by atoms with Crippen LogP contribution in [0.1, 0.15) is 6.42 Å². The number of halogens is 1. The first-order valence-corrected chi connectivity index (χ1v) is 8.11. The minimum Gasteiger partial charge on any atom is -1.00 e. The third-order valence-corrected chi connectivity index (χ3v) is 4.13. The van der Waals surface area contributed by atoms with Gasteiger partial charge in [0.05, 0.1) is 6.61 Å². The lowest BCUT2D eigenvalue weighted by atomic mass is 9.98. The topological polar surface area (TPSA) is 101 Å². The summed E-state index contributed by atoms with van der Waals surface area (Å²) in [6, 6.07) is 5.56. The number of hydrogen-bond acceptors (Lipinski definition) is 6. The van der Waals surface area contributed by atoms with Crippen LogP contribution in [0.25, 0.3) is 0 Å². The fourth-order valence-corrected chi connectivity index (χ4v) is 2.87. The fraction of sp³-hybridized carbons (Fsp3) is 0.625. The molecule has 4 heterocycles. The van der Waals surface area contributed by atoms with Crippen LogP contribution >= 0.6 is 0 Å². The van der Waals surface area contributed by atoms with Crippen molar-refractivity contribution < 1.29 is 46.2 Å². The molecule has 9 heteroatoms. The Balaban J connectivity index is 0.00000225. The summed E-state index contributed by atoms with van der Waals surface area (Å²) in [4.78, 5) is 12.1. The van der Waals surface area contributed by atoms with Crippen LogP contribution in [-0.4, -0.2) is 66.6 Å². The Morgan fingerprint density at radius 2 is 1.84 bits per heavy atom. The highest BCUT2D eigenvalue weighted by molar-refractivity contribution is 5.74. The van der Waals surface area contributed by atoms with E-state index in [1.165, 1.54) is 0 Å². The zero-order valence-corrected chi connectivity index (χ0v) is 14.4. The van der Waals surface area contributed by atoms with Crippen LogP contribution in [0.15, 0.2) is 30.6 Å². The van der Waals surface area contributed by atoms with E-state index in [4.69, 9.17) is 14.2 Å². The van der Waals surface area contributed by atoms with Crippen molar-refractivity contribution in [3.05, 3.63) is 30.6 Å². The summed E-state index contributed by atoms with van der Waals surface area (Å²) in [6.45, 7) is 1.13. The summed E-state index contributed by atoms with van der Waals surface area (Å²) in [7, 11) is 0. The van der Waals surface area contributed by atoms with Gasteiger partial charge in [-0.3, -0.25) is 4.79 Å². The second kappa shape index (κ2) is 9.42. The van der Waals surface area contributed by atoms with E-state index >= 15 is 0 Å². The summed E-state index contributed by atoms with van der Waals surface area (Å²) in [5, 5.41) is 23.0. The van der Waals surface area contributed by atoms with E-state index in [1.54, 1.807) is 17.0 Å². The second-order valence-corrected chi connectivity index (χ2v) is 5.94. The van der Waals surface area contributed by atoms with Gasteiger partial charge in [0.15, 0.2) is 18.7 Å². The summed E-state index contributed by atoms with van der Waals surface area (Å²) in [5.41, 5.74) is 0. The normalized spacial score (nSPS) is 32.0. The molecule has 1 aromatic rings. The number of aliphatic hydroxyl groups is 2. The van der Waals surface area contributed by atoms with Crippen LogP contribution in [0.5, 0.6) is 0 Å². The van der Waals surface area contributed by atoms with Crippen LogP contribution in [0.3, 0.4) is 0 Å². The van der Waals surface area contributed by atoms with Crippen molar-refractivity contribution in [1.82, 2.24) is 5.32 Å². The number of fused-ring (bicyclic) bond motifs is 6. The first-order chi connectivity index (χ1) is 11.6. The molecule has 5 unspecified atom stereocenters. The Hall–Kier alpha value is -1.29. The smallest absolute Gasteiger partial charge is 0.286 e. The van der Waals surface area contributed by atoms with Gasteiger partial charge in [-0.2, -0.15) is 4.57 Å². The van der Waals surface area contributed by atoms with Gasteiger partial charge < -0.3 is 42.1 Å². The molecule has 5 atom stereocenters. The standard InChI is InChI=1S/C16H22N2O6.ClH/c19-12(10-18-5-2-1-3-6-18)17-9-11-15-13(20)14(21)16(24-11)23-8-4-7-22-15;/h1-3,5-6,11,13-16,20-21H,4,7-10H2;1H. The van der Waals surface area contributed by atoms with Gasteiger partial charge in [-0.1, -0.05) is 6.07 Å². The van der Waals surface area contributed by atoms with Crippen molar-refractivity contribution in [2.75, 3.05) is 19.8 Å². The van der Waals surface area contributed by atoms with Gasteiger partial charge in [0.1, 0.15) is 24.4 Å². The number of ether oxygens (including phenoxy) is 3. The molecule has 140 valence electrons. The summed E-state index contributed by atoms with van der Waals surface area (Å²) < 4.78 is 18.5. The van der Waals surface area contributed by atoms with Gasteiger partial charge in [-0.15, -0.1) is 0 Å². The van der Waals surface area contributed by atoms with Gasteiger partial charge >= 0.3 is 0 Å². The first-order valence-electron chi connectivity index (χ1n) is 8.11. The van der Waals surface area contributed by atoms with E-state index in [-0.39, 0.29) is 31.4 Å². The van der Waals surface area contributed by atoms with Crippen molar-refractivity contribution >= 4 is 5.91 Å². The SMILES string of the molecule is O=C(C[n+]1ccccc1)NCC1OC2OCCCOC1C(O)C2O.[Cl-]. The molecule has 8 nitrogen and oxygen atoms in total. The fourth-order valence-electron chi connectivity index (χ4n) is 2.87. The molecule has 3 fully saturated rings. The molecule has 0 aromatic carbocycles. The van der Waals surface area contributed by atoms with Gasteiger partial charge in [0.2, 0.25) is 6.54 Å². The Kier molecular flexibility index (Phi) is 7.55. The third kappa shape index (κ3) is 5.10. The lowest BCUT2D eigenvalue weighted by Gasteiger charge is -2.41. The summed E-state index contributed by atoms with van der Waals surface area (Å²) in [6.07, 6.45) is -0.238. The lowest BCUT2D eigenvalue weighted by molar-refractivity contribution is -0.684. The molecule has 3 saturated heterocycles. The number of hydrogen-bond donors (Lipinski definition) is 3. The highest BCUT2D eigenvalue weighted by atomic mass is 35.5. The molecule has 0 saturated carbocycles. The van der Waals surface area contributed by atoms with Crippen LogP contribution in [0.2, 0.25) is 0 Å². The van der Waals surface area contributed by atoms with E-state index in [1.807, 2.05) is 18.2 Å².